The van der Waals surface area contributed by atoms with Crippen molar-refractivity contribution in [1.82, 2.24) is 20.3 Å². The number of rotatable bonds is 16. The van der Waals surface area contributed by atoms with Gasteiger partial charge < -0.3 is 25.8 Å². The normalized spacial score (nSPS) is 14.9. The summed E-state index contributed by atoms with van der Waals surface area (Å²) in [5.41, 5.74) is 1.16. The molecule has 0 saturated carbocycles. The van der Waals surface area contributed by atoms with Gasteiger partial charge in [0.2, 0.25) is 21.8 Å². The summed E-state index contributed by atoms with van der Waals surface area (Å²) in [4.78, 5) is 27.0. The van der Waals surface area contributed by atoms with Crippen LogP contribution in [0.5, 0.6) is 5.75 Å². The molecule has 3 aromatic carbocycles. The fourth-order valence-electron chi connectivity index (χ4n) is 5.82. The maximum absolute atomic E-state index is 14.0. The minimum absolute atomic E-state index is 0.0227. The lowest BCUT2D eigenvalue weighted by Crippen LogP contribution is -2.59. The van der Waals surface area contributed by atoms with Crippen molar-refractivity contribution < 1.29 is 36.6 Å². The van der Waals surface area contributed by atoms with E-state index in [1.807, 2.05) is 44.2 Å². The molecule has 2 unspecified atom stereocenters. The van der Waals surface area contributed by atoms with Crippen molar-refractivity contribution in [3.8, 4) is 5.75 Å². The minimum atomic E-state index is -4.04. The Hall–Kier alpha value is -3.91. The number of hydrogen-bond donors (Lipinski definition) is 4. The number of ether oxygens (including phenoxy) is 1. The van der Waals surface area contributed by atoms with Gasteiger partial charge in [-0.2, -0.15) is 4.31 Å². The molecule has 50 heavy (non-hydrogen) atoms. The van der Waals surface area contributed by atoms with Crippen molar-refractivity contribution >= 4 is 21.8 Å². The van der Waals surface area contributed by atoms with E-state index in [2.05, 4.69) is 16.0 Å². The van der Waals surface area contributed by atoms with Gasteiger partial charge in [0.1, 0.15) is 23.4 Å². The third-order valence-corrected chi connectivity index (χ3v) is 10.1. The number of aliphatic hydroxyl groups excluding tert-OH is 1. The molecule has 0 bridgehead atoms. The average molecular weight is 715 g/mol. The van der Waals surface area contributed by atoms with E-state index in [0.29, 0.717) is 24.3 Å². The highest BCUT2D eigenvalue weighted by Gasteiger charge is 2.37. The zero-order valence-electron chi connectivity index (χ0n) is 29.2. The second-order valence-electron chi connectivity index (χ2n) is 14.2. The Labute approximate surface area is 293 Å². The van der Waals surface area contributed by atoms with Gasteiger partial charge in [-0.05, 0) is 64.8 Å². The predicted octanol–water partition coefficient (Wildman–Crippen LogP) is 3.96. The summed E-state index contributed by atoms with van der Waals surface area (Å²) >= 11 is 0. The highest BCUT2D eigenvalue weighted by molar-refractivity contribution is 7.89. The minimum Gasteiger partial charge on any atom is -0.493 e. The summed E-state index contributed by atoms with van der Waals surface area (Å²) in [5, 5.41) is 20.2. The molecule has 4 rings (SSSR count). The lowest BCUT2D eigenvalue weighted by atomic mass is 9.85. The fraction of sp³-hybridized carbons (Fsp3) is 0.459. The van der Waals surface area contributed by atoms with E-state index in [0.717, 1.165) is 29.3 Å². The van der Waals surface area contributed by atoms with E-state index in [1.54, 1.807) is 32.9 Å². The highest BCUT2D eigenvalue weighted by atomic mass is 32.2. The maximum Gasteiger partial charge on any atom is 0.243 e. The molecule has 272 valence electrons. The second-order valence-corrected chi connectivity index (χ2v) is 16.1. The second kappa shape index (κ2) is 16.9. The smallest absolute Gasteiger partial charge is 0.243 e. The van der Waals surface area contributed by atoms with Gasteiger partial charge in [0.25, 0.3) is 0 Å². The third kappa shape index (κ3) is 10.8. The number of amides is 2. The first kappa shape index (κ1) is 38.9. The standard InChI is InChI=1S/C37H48F2N4O6S/c1-24(2)22-43(50(47,48)30-11-12-33-27(18-30)13-14-49-33)23-32(44)31(17-25-9-7-6-8-10-25)41-36(46)35(37(3,4)5)42-34(45)21-40-20-26-15-28(38)19-29(39)16-26/h6-12,15-16,18-19,24,31-32,35,40,44H,13-14,17,20-23H2,1-5H3,(H,41,46)(H,42,45)/t31?,32-,35?/m1/s1. The van der Waals surface area contributed by atoms with Crippen molar-refractivity contribution in [3.63, 3.8) is 0 Å². The summed E-state index contributed by atoms with van der Waals surface area (Å²) in [6, 6.07) is 15.1. The number of fused-ring (bicyclic) bond motifs is 1. The van der Waals surface area contributed by atoms with Gasteiger partial charge in [-0.25, -0.2) is 17.2 Å². The quantitative estimate of drug-likeness (QED) is 0.177. The fourth-order valence-corrected chi connectivity index (χ4v) is 7.50. The zero-order valence-corrected chi connectivity index (χ0v) is 30.0. The lowest BCUT2D eigenvalue weighted by Gasteiger charge is -2.34. The number of sulfonamides is 1. The van der Waals surface area contributed by atoms with Crippen LogP contribution in [-0.2, 0) is 39.0 Å². The molecule has 4 N–H and O–H groups in total. The highest BCUT2D eigenvalue weighted by Crippen LogP contribution is 2.29. The van der Waals surface area contributed by atoms with Crippen LogP contribution >= 0.6 is 0 Å². The molecule has 0 radical (unpaired) electrons. The number of nitrogens with one attached hydrogen (secondary N) is 3. The lowest BCUT2D eigenvalue weighted by molar-refractivity contribution is -0.132. The molecule has 10 nitrogen and oxygen atoms in total. The molecule has 1 aliphatic rings. The van der Waals surface area contributed by atoms with E-state index in [4.69, 9.17) is 4.74 Å². The molecule has 2 amide bonds. The SMILES string of the molecule is CC(C)CN(C[C@@H](O)C(Cc1ccccc1)NC(=O)C(NC(=O)CNCc1cc(F)cc(F)c1)C(C)(C)C)S(=O)(=O)c1ccc2c(c1)CCO2. The summed E-state index contributed by atoms with van der Waals surface area (Å²) in [6.07, 6.45) is -0.531. The van der Waals surface area contributed by atoms with Crippen molar-refractivity contribution in [2.45, 2.75) is 77.1 Å². The van der Waals surface area contributed by atoms with Crippen LogP contribution in [0.3, 0.4) is 0 Å². The average Bonchev–Trinajstić information content (AvgIpc) is 3.50. The summed E-state index contributed by atoms with van der Waals surface area (Å²) in [6.45, 7) is 9.23. The van der Waals surface area contributed by atoms with E-state index in [-0.39, 0.29) is 43.4 Å². The largest absolute Gasteiger partial charge is 0.493 e. The van der Waals surface area contributed by atoms with Gasteiger partial charge in [-0.3, -0.25) is 9.59 Å². The van der Waals surface area contributed by atoms with Gasteiger partial charge >= 0.3 is 0 Å². The van der Waals surface area contributed by atoms with Gasteiger partial charge in [0, 0.05) is 32.1 Å². The summed E-state index contributed by atoms with van der Waals surface area (Å²) < 4.78 is 61.9. The summed E-state index contributed by atoms with van der Waals surface area (Å²) in [7, 11) is -4.04. The Morgan fingerprint density at radius 3 is 2.26 bits per heavy atom. The molecule has 1 aliphatic heterocycles. The van der Waals surface area contributed by atoms with Crippen LogP contribution in [0.4, 0.5) is 8.78 Å². The van der Waals surface area contributed by atoms with Crippen LogP contribution in [-0.4, -0.2) is 74.1 Å². The van der Waals surface area contributed by atoms with Crippen LogP contribution in [0.15, 0.2) is 71.6 Å². The zero-order chi connectivity index (χ0) is 36.6. The maximum atomic E-state index is 14.0. The monoisotopic (exact) mass is 714 g/mol. The van der Waals surface area contributed by atoms with Gasteiger partial charge in [-0.1, -0.05) is 65.0 Å². The van der Waals surface area contributed by atoms with E-state index >= 15 is 0 Å². The Kier molecular flexibility index (Phi) is 13.1. The Morgan fingerprint density at radius 2 is 1.62 bits per heavy atom. The Balaban J connectivity index is 1.52. The summed E-state index contributed by atoms with van der Waals surface area (Å²) in [5.74, 6) is -1.95. The molecule has 0 fully saturated rings. The number of halogens is 2. The van der Waals surface area contributed by atoms with Crippen LogP contribution in [0.25, 0.3) is 0 Å². The molecule has 0 aliphatic carbocycles. The van der Waals surface area contributed by atoms with Crippen molar-refractivity contribution in [2.75, 3.05) is 26.2 Å². The molecule has 1 heterocycles. The van der Waals surface area contributed by atoms with Gasteiger partial charge in [0.05, 0.1) is 30.2 Å². The molecular weight excluding hydrogens is 666 g/mol. The first-order chi connectivity index (χ1) is 23.5. The number of nitrogens with zero attached hydrogens (tertiary/aromatic N) is 1. The molecule has 3 aromatic rings. The van der Waals surface area contributed by atoms with E-state index in [9.17, 15) is 31.9 Å². The molecule has 3 atom stereocenters. The van der Waals surface area contributed by atoms with Crippen molar-refractivity contribution in [2.24, 2.45) is 11.3 Å². The molecule has 0 aromatic heterocycles. The number of carbonyl (C=O) groups is 2. The number of carbonyl (C=O) groups excluding carboxylic acids is 2. The number of benzene rings is 3. The van der Waals surface area contributed by atoms with Crippen LogP contribution in [0, 0.1) is 23.0 Å². The molecular formula is C37H48F2N4O6S. The molecule has 0 spiro atoms. The van der Waals surface area contributed by atoms with Crippen LogP contribution < -0.4 is 20.7 Å². The topological polar surface area (TPSA) is 137 Å². The number of aliphatic hydroxyl groups is 1. The third-order valence-electron chi connectivity index (χ3n) is 8.32. The van der Waals surface area contributed by atoms with Gasteiger partial charge in [0.15, 0.2) is 0 Å². The predicted molar refractivity (Wildman–Crippen MR) is 187 cm³/mol. The Morgan fingerprint density at radius 1 is 0.940 bits per heavy atom. The first-order valence-electron chi connectivity index (χ1n) is 16.8. The first-order valence-corrected chi connectivity index (χ1v) is 18.2. The van der Waals surface area contributed by atoms with Crippen LogP contribution in [0.2, 0.25) is 0 Å². The van der Waals surface area contributed by atoms with Crippen LogP contribution in [0.1, 0.15) is 51.3 Å². The van der Waals surface area contributed by atoms with Gasteiger partial charge in [-0.15, -0.1) is 0 Å². The molecule has 0 saturated heterocycles. The van der Waals surface area contributed by atoms with E-state index < -0.39 is 57.1 Å². The molecule has 13 heteroatoms. The van der Waals surface area contributed by atoms with Crippen molar-refractivity contribution in [3.05, 3.63) is 95.1 Å². The Bertz CT molecular complexity index is 1710. The number of hydrogen-bond acceptors (Lipinski definition) is 7. The van der Waals surface area contributed by atoms with Crippen molar-refractivity contribution in [1.29, 1.82) is 0 Å². The van der Waals surface area contributed by atoms with E-state index in [1.165, 1.54) is 10.4 Å².